The molecule has 108 valence electrons. The summed E-state index contributed by atoms with van der Waals surface area (Å²) in [7, 11) is 0. The van der Waals surface area contributed by atoms with Gasteiger partial charge in [0, 0.05) is 8.95 Å². The fourth-order valence-electron chi connectivity index (χ4n) is 2.16. The second-order valence-electron chi connectivity index (χ2n) is 4.61. The summed E-state index contributed by atoms with van der Waals surface area (Å²) in [6.07, 6.45) is 2.83. The van der Waals surface area contributed by atoms with Gasteiger partial charge in [-0.1, -0.05) is 22.4 Å². The molecule has 20 heavy (non-hydrogen) atoms. The molecule has 0 spiro atoms. The number of carboxylic acid groups (broad SMARTS) is 1. The highest BCUT2D eigenvalue weighted by Gasteiger charge is 2.23. The largest absolute Gasteiger partial charge is 0.478 e. The van der Waals surface area contributed by atoms with Gasteiger partial charge in [0.05, 0.1) is 17.3 Å². The number of carbonyl (C=O) groups excluding carboxylic acids is 1. The Morgan fingerprint density at radius 1 is 1.30 bits per heavy atom. The highest BCUT2D eigenvalue weighted by Crippen LogP contribution is 2.31. The van der Waals surface area contributed by atoms with Gasteiger partial charge in [-0.05, 0) is 47.4 Å². The number of hydrogen-bond donors (Lipinski definition) is 3. The van der Waals surface area contributed by atoms with Gasteiger partial charge in [-0.3, -0.25) is 4.79 Å². The van der Waals surface area contributed by atoms with Crippen LogP contribution < -0.4 is 10.6 Å². The van der Waals surface area contributed by atoms with E-state index in [9.17, 15) is 14.7 Å². The molecule has 1 aliphatic heterocycles. The highest BCUT2D eigenvalue weighted by molar-refractivity contribution is 9.11. The second-order valence-corrected chi connectivity index (χ2v) is 6.38. The van der Waals surface area contributed by atoms with Crippen molar-refractivity contribution in [1.82, 2.24) is 5.32 Å². The molecule has 0 aliphatic carbocycles. The van der Waals surface area contributed by atoms with E-state index < -0.39 is 5.97 Å². The first-order valence-electron chi connectivity index (χ1n) is 6.25. The summed E-state index contributed by atoms with van der Waals surface area (Å²) in [5.74, 6) is -1.28. The van der Waals surface area contributed by atoms with Crippen LogP contribution in [0.15, 0.2) is 21.1 Å². The van der Waals surface area contributed by atoms with Crippen LogP contribution in [0.25, 0.3) is 0 Å². The number of nitrogens with one attached hydrogen (secondary N) is 2. The second kappa shape index (κ2) is 6.69. The van der Waals surface area contributed by atoms with Crippen molar-refractivity contribution in [2.75, 3.05) is 11.9 Å². The van der Waals surface area contributed by atoms with Crippen LogP contribution >= 0.6 is 31.9 Å². The molecule has 0 aromatic heterocycles. The van der Waals surface area contributed by atoms with Crippen LogP contribution in [0.1, 0.15) is 29.6 Å². The molecule has 1 atom stereocenters. The van der Waals surface area contributed by atoms with Gasteiger partial charge >= 0.3 is 5.97 Å². The highest BCUT2D eigenvalue weighted by atomic mass is 79.9. The molecule has 0 saturated carbocycles. The van der Waals surface area contributed by atoms with E-state index in [1.807, 2.05) is 0 Å². The zero-order valence-electron chi connectivity index (χ0n) is 10.6. The van der Waals surface area contributed by atoms with Gasteiger partial charge in [0.25, 0.3) is 0 Å². The van der Waals surface area contributed by atoms with Gasteiger partial charge < -0.3 is 15.7 Å². The number of amides is 1. The van der Waals surface area contributed by atoms with E-state index in [0.29, 0.717) is 8.95 Å². The average Bonchev–Trinajstić information content (AvgIpc) is 2.42. The third-order valence-electron chi connectivity index (χ3n) is 3.16. The van der Waals surface area contributed by atoms with E-state index in [4.69, 9.17) is 0 Å². The number of carboxylic acids is 1. The van der Waals surface area contributed by atoms with E-state index in [2.05, 4.69) is 42.5 Å². The Hall–Kier alpha value is -0.920. The molecule has 1 aliphatic rings. The Balaban J connectivity index is 2.23. The lowest BCUT2D eigenvalue weighted by atomic mass is 10.0. The van der Waals surface area contributed by atoms with Crippen LogP contribution in [0.5, 0.6) is 0 Å². The van der Waals surface area contributed by atoms with Crippen LogP contribution in [0.2, 0.25) is 0 Å². The minimum absolute atomic E-state index is 0.0513. The van der Waals surface area contributed by atoms with E-state index >= 15 is 0 Å². The minimum atomic E-state index is -1.08. The van der Waals surface area contributed by atoms with Gasteiger partial charge in [0.2, 0.25) is 5.91 Å². The predicted molar refractivity (Wildman–Crippen MR) is 83.1 cm³/mol. The van der Waals surface area contributed by atoms with Gasteiger partial charge in [0.15, 0.2) is 0 Å². The number of carbonyl (C=O) groups is 2. The van der Waals surface area contributed by atoms with E-state index in [1.54, 1.807) is 6.07 Å². The van der Waals surface area contributed by atoms with Crippen LogP contribution in [0.4, 0.5) is 5.69 Å². The van der Waals surface area contributed by atoms with Gasteiger partial charge in [-0.15, -0.1) is 0 Å². The van der Waals surface area contributed by atoms with Crippen LogP contribution in [-0.2, 0) is 4.79 Å². The van der Waals surface area contributed by atoms with E-state index in [-0.39, 0.29) is 23.2 Å². The first-order chi connectivity index (χ1) is 9.49. The number of rotatable bonds is 3. The average molecular weight is 406 g/mol. The summed E-state index contributed by atoms with van der Waals surface area (Å²) < 4.78 is 1.17. The van der Waals surface area contributed by atoms with Crippen molar-refractivity contribution >= 4 is 49.4 Å². The number of piperidine rings is 1. The molecular formula is C13H14Br2N2O3. The summed E-state index contributed by atoms with van der Waals surface area (Å²) >= 11 is 6.53. The smallest absolute Gasteiger partial charge is 0.337 e. The van der Waals surface area contributed by atoms with Crippen molar-refractivity contribution in [3.63, 3.8) is 0 Å². The lowest BCUT2D eigenvalue weighted by Gasteiger charge is -2.23. The Morgan fingerprint density at radius 2 is 2.05 bits per heavy atom. The van der Waals surface area contributed by atoms with Crippen LogP contribution in [0.3, 0.4) is 0 Å². The Kier molecular flexibility index (Phi) is 5.17. The number of halogens is 2. The number of benzene rings is 1. The number of anilines is 1. The molecule has 0 radical (unpaired) electrons. The molecule has 1 fully saturated rings. The van der Waals surface area contributed by atoms with Crippen molar-refractivity contribution in [2.45, 2.75) is 25.3 Å². The summed E-state index contributed by atoms with van der Waals surface area (Å²) in [6, 6.07) is 2.91. The van der Waals surface area contributed by atoms with Crippen molar-refractivity contribution in [1.29, 1.82) is 0 Å². The molecule has 1 aromatic rings. The molecule has 1 aromatic carbocycles. The Morgan fingerprint density at radius 3 is 2.65 bits per heavy atom. The maximum atomic E-state index is 12.2. The molecule has 5 nitrogen and oxygen atoms in total. The summed E-state index contributed by atoms with van der Waals surface area (Å²) in [5, 5.41) is 15.1. The molecule has 3 N–H and O–H groups in total. The van der Waals surface area contributed by atoms with Gasteiger partial charge in [0.1, 0.15) is 0 Å². The first-order valence-corrected chi connectivity index (χ1v) is 7.84. The summed E-state index contributed by atoms with van der Waals surface area (Å²) in [4.78, 5) is 23.5. The van der Waals surface area contributed by atoms with Gasteiger partial charge in [-0.2, -0.15) is 0 Å². The van der Waals surface area contributed by atoms with E-state index in [0.717, 1.165) is 25.8 Å². The Labute approximate surface area is 133 Å². The number of aromatic carboxylic acids is 1. The first kappa shape index (κ1) is 15.5. The molecule has 2 rings (SSSR count). The molecule has 0 bridgehead atoms. The summed E-state index contributed by atoms with van der Waals surface area (Å²) in [6.45, 7) is 0.811. The molecular weight excluding hydrogens is 392 g/mol. The molecule has 0 unspecified atom stereocenters. The van der Waals surface area contributed by atoms with Crippen LogP contribution in [0, 0.1) is 0 Å². The lowest BCUT2D eigenvalue weighted by molar-refractivity contribution is -0.118. The maximum absolute atomic E-state index is 12.2. The maximum Gasteiger partial charge on any atom is 0.337 e. The van der Waals surface area contributed by atoms with Crippen molar-refractivity contribution in [2.24, 2.45) is 0 Å². The monoisotopic (exact) mass is 404 g/mol. The van der Waals surface area contributed by atoms with Gasteiger partial charge in [-0.25, -0.2) is 4.79 Å². The Bertz CT molecular complexity index is 543. The van der Waals surface area contributed by atoms with Crippen LogP contribution in [-0.4, -0.2) is 29.6 Å². The molecule has 7 heteroatoms. The topological polar surface area (TPSA) is 78.4 Å². The third-order valence-corrected chi connectivity index (χ3v) is 4.24. The summed E-state index contributed by atoms with van der Waals surface area (Å²) in [5.41, 5.74) is 0.341. The van der Waals surface area contributed by atoms with E-state index in [1.165, 1.54) is 6.07 Å². The zero-order valence-corrected chi connectivity index (χ0v) is 13.8. The van der Waals surface area contributed by atoms with Crippen molar-refractivity contribution in [3.05, 3.63) is 26.6 Å². The molecule has 1 amide bonds. The minimum Gasteiger partial charge on any atom is -0.478 e. The number of hydrogen-bond acceptors (Lipinski definition) is 3. The molecule has 1 saturated heterocycles. The fourth-order valence-corrected chi connectivity index (χ4v) is 3.48. The molecule has 1 heterocycles. The predicted octanol–water partition coefficient (Wildman–Crippen LogP) is 2.99. The standard InChI is InChI=1S/C13H14Br2N2O3/c14-7-5-8(13(19)20)11(9(15)6-7)17-12(18)10-3-1-2-4-16-10/h5-6,10,16H,1-4H2,(H,17,18)(H,19,20)/t10-/m1/s1. The zero-order chi connectivity index (χ0) is 14.7. The third kappa shape index (κ3) is 3.59. The fraction of sp³-hybridized carbons (Fsp3) is 0.385. The van der Waals surface area contributed by atoms with Crippen molar-refractivity contribution in [3.8, 4) is 0 Å². The lowest BCUT2D eigenvalue weighted by Crippen LogP contribution is -2.43. The SMILES string of the molecule is O=C(O)c1cc(Br)cc(Br)c1NC(=O)[C@H]1CCCCN1. The quantitative estimate of drug-likeness (QED) is 0.722. The normalized spacial score (nSPS) is 18.6. The van der Waals surface area contributed by atoms with Crippen molar-refractivity contribution < 1.29 is 14.7 Å².